The molecule has 0 saturated carbocycles. The van der Waals surface area contributed by atoms with Crippen LogP contribution in [0.25, 0.3) is 22.0 Å². The molecule has 7 nitrogen and oxygen atoms in total. The van der Waals surface area contributed by atoms with Crippen molar-refractivity contribution in [1.82, 2.24) is 14.9 Å². The Morgan fingerprint density at radius 2 is 1.78 bits per heavy atom. The molecule has 1 amide bonds. The Bertz CT molecular complexity index is 1360. The predicted molar refractivity (Wildman–Crippen MR) is 127 cm³/mol. The van der Waals surface area contributed by atoms with Crippen LogP contribution in [0.2, 0.25) is 10.0 Å². The summed E-state index contributed by atoms with van der Waals surface area (Å²) in [6, 6.07) is 15.9. The van der Waals surface area contributed by atoms with Gasteiger partial charge in [-0.25, -0.2) is 9.78 Å². The van der Waals surface area contributed by atoms with Crippen molar-refractivity contribution in [3.05, 3.63) is 86.8 Å². The number of anilines is 2. The van der Waals surface area contributed by atoms with Crippen molar-refractivity contribution in [2.24, 2.45) is 7.05 Å². The molecule has 0 atom stereocenters. The molecule has 2 heterocycles. The number of benzene rings is 2. The van der Waals surface area contributed by atoms with Gasteiger partial charge >= 0.3 is 6.09 Å². The number of hydrogen-bond acceptors (Lipinski definition) is 4. The van der Waals surface area contributed by atoms with Gasteiger partial charge in [-0.2, -0.15) is 0 Å². The smallest absolute Gasteiger partial charge is 0.404 e. The van der Waals surface area contributed by atoms with Gasteiger partial charge < -0.3 is 20.3 Å². The summed E-state index contributed by atoms with van der Waals surface area (Å²) in [5.74, 6) is 0.562. The third-order valence-electron chi connectivity index (χ3n) is 5.01. The molecule has 0 aliphatic rings. The lowest BCUT2D eigenvalue weighted by atomic mass is 10.1. The average Bonchev–Trinajstić information content (AvgIpc) is 2.77. The van der Waals surface area contributed by atoms with Crippen molar-refractivity contribution in [2.75, 3.05) is 5.32 Å². The van der Waals surface area contributed by atoms with Crippen molar-refractivity contribution in [2.45, 2.75) is 6.54 Å². The molecule has 0 bridgehead atoms. The number of halogens is 2. The van der Waals surface area contributed by atoms with Crippen molar-refractivity contribution < 1.29 is 9.90 Å². The number of fused-ring (bicyclic) bond motifs is 1. The topological polar surface area (TPSA) is 96.3 Å². The van der Waals surface area contributed by atoms with E-state index in [0.717, 1.165) is 16.6 Å². The number of nitrogens with one attached hydrogen (secondary N) is 2. The minimum Gasteiger partial charge on any atom is -0.465 e. The molecule has 0 aliphatic heterocycles. The Balaban J connectivity index is 1.66. The molecular formula is C23H18Cl2N4O3. The summed E-state index contributed by atoms with van der Waals surface area (Å²) in [6.07, 6.45) is 0.606. The number of hydrogen-bond donors (Lipinski definition) is 3. The molecule has 0 unspecified atom stereocenters. The molecule has 9 heteroatoms. The van der Waals surface area contributed by atoms with Crippen LogP contribution < -0.4 is 16.2 Å². The third kappa shape index (κ3) is 4.39. The van der Waals surface area contributed by atoms with Crippen LogP contribution in [0, 0.1) is 0 Å². The number of amides is 1. The van der Waals surface area contributed by atoms with Crippen LogP contribution in [0.15, 0.2) is 65.6 Å². The minimum atomic E-state index is -1.07. The van der Waals surface area contributed by atoms with E-state index in [1.54, 1.807) is 43.6 Å². The number of rotatable bonds is 5. The standard InChI is InChI=1S/C23H18Cl2N4O3/c1-29-19-10-20(28-15-7-5-13(6-8-15)11-27-23(31)32)26-12-14(19)9-16(22(29)30)21-17(24)3-2-4-18(21)25/h2-10,12,27H,11H2,1H3,(H,26,28)(H,31,32). The van der Waals surface area contributed by atoms with Crippen LogP contribution in [-0.2, 0) is 13.6 Å². The first-order valence-electron chi connectivity index (χ1n) is 9.60. The summed E-state index contributed by atoms with van der Waals surface area (Å²) in [7, 11) is 1.69. The van der Waals surface area contributed by atoms with E-state index in [9.17, 15) is 9.59 Å². The highest BCUT2D eigenvalue weighted by atomic mass is 35.5. The van der Waals surface area contributed by atoms with Gasteiger partial charge in [-0.05, 0) is 35.9 Å². The SMILES string of the molecule is Cn1c(=O)c(-c2c(Cl)cccc2Cl)cc2cnc(Nc3ccc(CNC(=O)O)cc3)cc21. The Hall–Kier alpha value is -3.55. The largest absolute Gasteiger partial charge is 0.465 e. The van der Waals surface area contributed by atoms with Crippen LogP contribution in [0.5, 0.6) is 0 Å². The maximum Gasteiger partial charge on any atom is 0.404 e. The Morgan fingerprint density at radius 1 is 1.09 bits per heavy atom. The molecule has 0 fully saturated rings. The monoisotopic (exact) mass is 468 g/mol. The Morgan fingerprint density at radius 3 is 2.44 bits per heavy atom. The highest BCUT2D eigenvalue weighted by Gasteiger charge is 2.15. The third-order valence-corrected chi connectivity index (χ3v) is 5.64. The average molecular weight is 469 g/mol. The first kappa shape index (κ1) is 21.7. The van der Waals surface area contributed by atoms with Crippen molar-refractivity contribution >= 4 is 51.7 Å². The normalized spacial score (nSPS) is 10.8. The van der Waals surface area contributed by atoms with Gasteiger partial charge in [0, 0.05) is 42.5 Å². The minimum absolute atomic E-state index is 0.222. The zero-order chi connectivity index (χ0) is 22.8. The fourth-order valence-corrected chi connectivity index (χ4v) is 4.00. The zero-order valence-electron chi connectivity index (χ0n) is 16.9. The van der Waals surface area contributed by atoms with Crippen LogP contribution in [0.3, 0.4) is 0 Å². The summed E-state index contributed by atoms with van der Waals surface area (Å²) in [4.78, 5) is 28.1. The van der Waals surface area contributed by atoms with Crippen LogP contribution in [0.4, 0.5) is 16.3 Å². The van der Waals surface area contributed by atoms with Crippen molar-refractivity contribution in [3.8, 4) is 11.1 Å². The number of carbonyl (C=O) groups is 1. The van der Waals surface area contributed by atoms with E-state index in [-0.39, 0.29) is 12.1 Å². The maximum atomic E-state index is 13.1. The van der Waals surface area contributed by atoms with E-state index < -0.39 is 6.09 Å². The summed E-state index contributed by atoms with van der Waals surface area (Å²) in [5.41, 5.74) is 2.99. The van der Waals surface area contributed by atoms with E-state index in [0.29, 0.717) is 32.5 Å². The molecule has 162 valence electrons. The molecule has 0 saturated heterocycles. The molecule has 0 spiro atoms. The zero-order valence-corrected chi connectivity index (χ0v) is 18.4. The van der Waals surface area contributed by atoms with E-state index in [1.807, 2.05) is 24.3 Å². The number of aromatic nitrogens is 2. The van der Waals surface area contributed by atoms with Crippen LogP contribution >= 0.6 is 23.2 Å². The first-order chi connectivity index (χ1) is 15.3. The Labute approximate surface area is 193 Å². The molecule has 32 heavy (non-hydrogen) atoms. The lowest BCUT2D eigenvalue weighted by Gasteiger charge is -2.13. The van der Waals surface area contributed by atoms with Gasteiger partial charge in [0.25, 0.3) is 5.56 Å². The summed E-state index contributed by atoms with van der Waals surface area (Å²) >= 11 is 12.6. The van der Waals surface area contributed by atoms with Gasteiger partial charge in [-0.1, -0.05) is 41.4 Å². The number of carboxylic acid groups (broad SMARTS) is 1. The highest BCUT2D eigenvalue weighted by Crippen LogP contribution is 2.34. The van der Waals surface area contributed by atoms with Crippen LogP contribution in [0.1, 0.15) is 5.56 Å². The lowest BCUT2D eigenvalue weighted by molar-refractivity contribution is 0.194. The summed E-state index contributed by atoms with van der Waals surface area (Å²) in [5, 5.41) is 15.8. The van der Waals surface area contributed by atoms with Crippen LogP contribution in [-0.4, -0.2) is 20.8 Å². The lowest BCUT2D eigenvalue weighted by Crippen LogP contribution is -2.19. The van der Waals surface area contributed by atoms with Gasteiger partial charge in [0.1, 0.15) is 5.82 Å². The molecule has 3 N–H and O–H groups in total. The fourth-order valence-electron chi connectivity index (χ4n) is 3.40. The molecule has 0 radical (unpaired) electrons. The molecule has 2 aromatic carbocycles. The van der Waals surface area contributed by atoms with E-state index in [4.69, 9.17) is 28.3 Å². The molecular weight excluding hydrogens is 451 g/mol. The van der Waals surface area contributed by atoms with Gasteiger partial charge in [0.15, 0.2) is 0 Å². The second-order valence-electron chi connectivity index (χ2n) is 7.13. The molecule has 4 rings (SSSR count). The number of nitrogens with zero attached hydrogens (tertiary/aromatic N) is 2. The molecule has 4 aromatic rings. The fraction of sp³-hybridized carbons (Fsp3) is 0.0870. The maximum absolute atomic E-state index is 13.1. The second kappa shape index (κ2) is 8.90. The van der Waals surface area contributed by atoms with Gasteiger partial charge in [-0.15, -0.1) is 0 Å². The molecule has 0 aliphatic carbocycles. The Kier molecular flexibility index (Phi) is 6.03. The van der Waals surface area contributed by atoms with Gasteiger partial charge in [0.05, 0.1) is 21.1 Å². The van der Waals surface area contributed by atoms with Crippen molar-refractivity contribution in [3.63, 3.8) is 0 Å². The van der Waals surface area contributed by atoms with E-state index in [1.165, 1.54) is 4.57 Å². The van der Waals surface area contributed by atoms with E-state index in [2.05, 4.69) is 15.6 Å². The molecule has 2 aromatic heterocycles. The highest BCUT2D eigenvalue weighted by molar-refractivity contribution is 6.39. The summed E-state index contributed by atoms with van der Waals surface area (Å²) in [6.45, 7) is 0.226. The van der Waals surface area contributed by atoms with Gasteiger partial charge in [0.2, 0.25) is 0 Å². The quantitative estimate of drug-likeness (QED) is 0.363. The van der Waals surface area contributed by atoms with Gasteiger partial charge in [-0.3, -0.25) is 4.79 Å². The number of pyridine rings is 2. The summed E-state index contributed by atoms with van der Waals surface area (Å²) < 4.78 is 1.54. The van der Waals surface area contributed by atoms with E-state index >= 15 is 0 Å². The first-order valence-corrected chi connectivity index (χ1v) is 10.4. The second-order valence-corrected chi connectivity index (χ2v) is 7.94. The number of aryl methyl sites for hydroxylation is 1. The van der Waals surface area contributed by atoms with Crippen molar-refractivity contribution in [1.29, 1.82) is 0 Å². The predicted octanol–water partition coefficient (Wildman–Crippen LogP) is 5.42.